The lowest BCUT2D eigenvalue weighted by molar-refractivity contribution is 0.0684. The van der Waals surface area contributed by atoms with Crippen LogP contribution >= 0.6 is 11.6 Å². The van der Waals surface area contributed by atoms with Crippen molar-refractivity contribution >= 4 is 17.6 Å². The van der Waals surface area contributed by atoms with E-state index in [0.717, 1.165) is 5.69 Å². The molecule has 108 valence electrons. The summed E-state index contributed by atoms with van der Waals surface area (Å²) in [6.07, 6.45) is 0. The highest BCUT2D eigenvalue weighted by molar-refractivity contribution is 6.31. The van der Waals surface area contributed by atoms with E-state index < -0.39 is 5.97 Å². The largest absolute Gasteiger partial charge is 0.476 e. The Morgan fingerprint density at radius 2 is 2.15 bits per heavy atom. The maximum absolute atomic E-state index is 11.1. The van der Waals surface area contributed by atoms with Gasteiger partial charge in [0, 0.05) is 14.2 Å². The Hall–Kier alpha value is -1.93. The zero-order valence-electron chi connectivity index (χ0n) is 11.3. The molecule has 0 aliphatic rings. The van der Waals surface area contributed by atoms with Crippen LogP contribution in [0.15, 0.2) is 0 Å². The van der Waals surface area contributed by atoms with Gasteiger partial charge in [-0.3, -0.25) is 4.68 Å². The van der Waals surface area contributed by atoms with Crippen LogP contribution < -0.4 is 0 Å². The molecule has 0 aliphatic heterocycles. The van der Waals surface area contributed by atoms with Crippen molar-refractivity contribution in [2.45, 2.75) is 20.1 Å². The standard InChI is InChI=1S/C11H14ClN5O3/c1-6-9(12)7(16(2)14-6)4-17-8(5-20-3)10(11(18)19)13-15-17/h4-5H2,1-3H3,(H,18,19). The molecule has 2 aromatic heterocycles. The van der Waals surface area contributed by atoms with E-state index in [1.807, 2.05) is 0 Å². The fourth-order valence-electron chi connectivity index (χ4n) is 1.90. The number of halogens is 1. The predicted octanol–water partition coefficient (Wildman–Crippen LogP) is 0.866. The predicted molar refractivity (Wildman–Crippen MR) is 69.8 cm³/mol. The van der Waals surface area contributed by atoms with Gasteiger partial charge in [-0.05, 0) is 6.92 Å². The number of carboxylic acids is 1. The van der Waals surface area contributed by atoms with Gasteiger partial charge in [0.25, 0.3) is 0 Å². The number of nitrogens with zero attached hydrogens (tertiary/aromatic N) is 5. The summed E-state index contributed by atoms with van der Waals surface area (Å²) in [5, 5.41) is 21.3. The molecule has 0 saturated heterocycles. The average molecular weight is 300 g/mol. The minimum Gasteiger partial charge on any atom is -0.476 e. The van der Waals surface area contributed by atoms with Gasteiger partial charge < -0.3 is 9.84 Å². The van der Waals surface area contributed by atoms with Crippen molar-refractivity contribution in [2.75, 3.05) is 7.11 Å². The Balaban J connectivity index is 2.40. The summed E-state index contributed by atoms with van der Waals surface area (Å²) >= 11 is 6.17. The molecule has 9 heteroatoms. The molecule has 2 rings (SSSR count). The van der Waals surface area contributed by atoms with Crippen LogP contribution in [-0.4, -0.2) is 43.0 Å². The summed E-state index contributed by atoms with van der Waals surface area (Å²) in [4.78, 5) is 11.1. The molecule has 0 radical (unpaired) electrons. The summed E-state index contributed by atoms with van der Waals surface area (Å²) in [6.45, 7) is 2.17. The zero-order valence-corrected chi connectivity index (χ0v) is 12.0. The van der Waals surface area contributed by atoms with Gasteiger partial charge in [0.1, 0.15) is 0 Å². The Morgan fingerprint density at radius 1 is 1.45 bits per heavy atom. The highest BCUT2D eigenvalue weighted by Gasteiger charge is 2.21. The van der Waals surface area contributed by atoms with E-state index in [9.17, 15) is 4.79 Å². The van der Waals surface area contributed by atoms with Crippen LogP contribution in [0.5, 0.6) is 0 Å². The van der Waals surface area contributed by atoms with Crippen LogP contribution in [0, 0.1) is 6.92 Å². The van der Waals surface area contributed by atoms with Crippen molar-refractivity contribution in [3.8, 4) is 0 Å². The molecule has 20 heavy (non-hydrogen) atoms. The van der Waals surface area contributed by atoms with Crippen molar-refractivity contribution in [2.24, 2.45) is 7.05 Å². The number of ether oxygens (including phenoxy) is 1. The SMILES string of the molecule is COCc1c(C(=O)O)nnn1Cc1c(Cl)c(C)nn1C. The van der Waals surface area contributed by atoms with Crippen LogP contribution in [0.4, 0.5) is 0 Å². The number of aryl methyl sites for hydroxylation is 2. The lowest BCUT2D eigenvalue weighted by atomic mass is 10.3. The van der Waals surface area contributed by atoms with Gasteiger partial charge in [-0.15, -0.1) is 5.10 Å². The minimum absolute atomic E-state index is 0.100. The van der Waals surface area contributed by atoms with Crippen LogP contribution in [0.25, 0.3) is 0 Å². The van der Waals surface area contributed by atoms with Crippen molar-refractivity contribution in [1.82, 2.24) is 24.8 Å². The van der Waals surface area contributed by atoms with Crippen molar-refractivity contribution < 1.29 is 14.6 Å². The van der Waals surface area contributed by atoms with Crippen LogP contribution in [0.3, 0.4) is 0 Å². The average Bonchev–Trinajstić information content (AvgIpc) is 2.87. The van der Waals surface area contributed by atoms with Crippen molar-refractivity contribution in [1.29, 1.82) is 0 Å². The maximum atomic E-state index is 11.1. The monoisotopic (exact) mass is 299 g/mol. The first kappa shape index (κ1) is 14.5. The molecule has 0 bridgehead atoms. The van der Waals surface area contributed by atoms with Gasteiger partial charge >= 0.3 is 5.97 Å². The second-order valence-electron chi connectivity index (χ2n) is 4.25. The third-order valence-electron chi connectivity index (χ3n) is 2.88. The maximum Gasteiger partial charge on any atom is 0.358 e. The van der Waals surface area contributed by atoms with Crippen molar-refractivity contribution in [3.63, 3.8) is 0 Å². The fourth-order valence-corrected chi connectivity index (χ4v) is 2.12. The molecule has 0 aliphatic carbocycles. The van der Waals surface area contributed by atoms with Gasteiger partial charge in [-0.2, -0.15) is 5.10 Å². The van der Waals surface area contributed by atoms with Gasteiger partial charge in [0.15, 0.2) is 5.69 Å². The number of methoxy groups -OCH3 is 1. The lowest BCUT2D eigenvalue weighted by Gasteiger charge is -2.07. The molecule has 0 spiro atoms. The molecule has 0 atom stereocenters. The number of aromatic carboxylic acids is 1. The number of rotatable bonds is 5. The Morgan fingerprint density at radius 3 is 2.65 bits per heavy atom. The van der Waals surface area contributed by atoms with Crippen LogP contribution in [0.2, 0.25) is 5.02 Å². The molecule has 2 aromatic rings. The van der Waals surface area contributed by atoms with Crippen molar-refractivity contribution in [3.05, 3.63) is 27.8 Å². The van der Waals surface area contributed by atoms with E-state index in [4.69, 9.17) is 21.4 Å². The molecule has 1 N–H and O–H groups in total. The van der Waals surface area contributed by atoms with Gasteiger partial charge in [-0.1, -0.05) is 16.8 Å². The van der Waals surface area contributed by atoms with Gasteiger partial charge in [-0.25, -0.2) is 9.48 Å². The summed E-state index contributed by atoms with van der Waals surface area (Å²) in [6, 6.07) is 0. The zero-order chi connectivity index (χ0) is 14.9. The number of carbonyl (C=O) groups is 1. The van der Waals surface area contributed by atoms with Crippen LogP contribution in [0.1, 0.15) is 27.6 Å². The molecule has 0 aromatic carbocycles. The molecule has 0 unspecified atom stereocenters. The van der Waals surface area contributed by atoms with E-state index in [0.29, 0.717) is 16.4 Å². The molecule has 0 saturated carbocycles. The first-order valence-corrected chi connectivity index (χ1v) is 6.16. The second kappa shape index (κ2) is 5.59. The van der Waals surface area contributed by atoms with E-state index in [1.54, 1.807) is 18.7 Å². The molecular weight excluding hydrogens is 286 g/mol. The highest BCUT2D eigenvalue weighted by atomic mass is 35.5. The van der Waals surface area contributed by atoms with E-state index in [1.165, 1.54) is 11.8 Å². The summed E-state index contributed by atoms with van der Waals surface area (Å²) in [5.41, 5.74) is 1.69. The smallest absolute Gasteiger partial charge is 0.358 e. The molecular formula is C11H14ClN5O3. The first-order chi connectivity index (χ1) is 9.45. The van der Waals surface area contributed by atoms with Gasteiger partial charge in [0.05, 0.1) is 35.3 Å². The molecule has 8 nitrogen and oxygen atoms in total. The third kappa shape index (κ3) is 2.52. The van der Waals surface area contributed by atoms with E-state index >= 15 is 0 Å². The summed E-state index contributed by atoms with van der Waals surface area (Å²) in [7, 11) is 3.24. The summed E-state index contributed by atoms with van der Waals surface area (Å²) in [5.74, 6) is -1.14. The Kier molecular flexibility index (Phi) is 4.05. The minimum atomic E-state index is -1.14. The number of hydrogen-bond donors (Lipinski definition) is 1. The number of aromatic nitrogens is 5. The van der Waals surface area contributed by atoms with E-state index in [2.05, 4.69) is 15.4 Å². The molecule has 0 amide bonds. The molecule has 2 heterocycles. The third-order valence-corrected chi connectivity index (χ3v) is 3.37. The highest BCUT2D eigenvalue weighted by Crippen LogP contribution is 2.21. The Bertz CT molecular complexity index is 649. The number of hydrogen-bond acceptors (Lipinski definition) is 5. The summed E-state index contributed by atoms with van der Waals surface area (Å²) < 4.78 is 8.09. The van der Waals surface area contributed by atoms with Crippen LogP contribution in [-0.2, 0) is 24.9 Å². The van der Waals surface area contributed by atoms with Gasteiger partial charge in [0.2, 0.25) is 0 Å². The first-order valence-electron chi connectivity index (χ1n) is 5.78. The lowest BCUT2D eigenvalue weighted by Crippen LogP contribution is -2.12. The van der Waals surface area contributed by atoms with E-state index in [-0.39, 0.29) is 18.8 Å². The fraction of sp³-hybridized carbons (Fsp3) is 0.455. The number of carboxylic acid groups (broad SMARTS) is 1. The molecule has 0 fully saturated rings. The Labute approximate surface area is 119 Å². The second-order valence-corrected chi connectivity index (χ2v) is 4.63. The quantitative estimate of drug-likeness (QED) is 0.880. The topological polar surface area (TPSA) is 95.1 Å². The normalized spacial score (nSPS) is 11.0.